The van der Waals surface area contributed by atoms with Gasteiger partial charge in [0.25, 0.3) is 0 Å². The number of ether oxygens (including phenoxy) is 1. The molecule has 6 heteroatoms. The summed E-state index contributed by atoms with van der Waals surface area (Å²) >= 11 is 3.39. The molecule has 2 aromatic carbocycles. The highest BCUT2D eigenvalue weighted by atomic mass is 79.9. The van der Waals surface area contributed by atoms with Crippen LogP contribution in [0.4, 0.5) is 14.5 Å². The van der Waals surface area contributed by atoms with Crippen LogP contribution in [-0.4, -0.2) is 24.3 Å². The number of β-amino-alcohol motifs (C(OH)–C–C–N with tert-alkyl or cyclic N) is 1. The number of benzene rings is 2. The van der Waals surface area contributed by atoms with Gasteiger partial charge in [-0.15, -0.1) is 0 Å². The number of aliphatic hydroxyl groups excluding tert-OH is 1. The molecule has 122 valence electrons. The predicted molar refractivity (Wildman–Crippen MR) is 87.7 cm³/mol. The Morgan fingerprint density at radius 1 is 1.22 bits per heavy atom. The second-order valence-corrected chi connectivity index (χ2v) is 6.39. The molecule has 1 aliphatic rings. The maximum Gasteiger partial charge on any atom is 0.150 e. The number of nitrogens with zero attached hydrogens (tertiary/aromatic N) is 1. The third-order valence-electron chi connectivity index (χ3n) is 3.81. The molecule has 3 nitrogen and oxygen atoms in total. The Hall–Kier alpha value is -1.66. The molecule has 3 rings (SSSR count). The van der Waals surface area contributed by atoms with E-state index in [4.69, 9.17) is 4.74 Å². The average molecular weight is 384 g/mol. The average Bonchev–Trinajstić information content (AvgIpc) is 2.95. The summed E-state index contributed by atoms with van der Waals surface area (Å²) in [7, 11) is 0. The van der Waals surface area contributed by atoms with Crippen molar-refractivity contribution in [2.75, 3.05) is 18.0 Å². The predicted octanol–water partition coefficient (Wildman–Crippen LogP) is 3.88. The van der Waals surface area contributed by atoms with Crippen LogP contribution in [0.15, 0.2) is 40.9 Å². The SMILES string of the molecule is OC1CCN(c2cc(Br)c(OCc3ccc(F)cc3)cc2F)C1. The Morgan fingerprint density at radius 3 is 2.61 bits per heavy atom. The van der Waals surface area contributed by atoms with Gasteiger partial charge in [0.2, 0.25) is 0 Å². The van der Waals surface area contributed by atoms with Crippen LogP contribution in [0.1, 0.15) is 12.0 Å². The number of anilines is 1. The second-order valence-electron chi connectivity index (χ2n) is 5.54. The van der Waals surface area contributed by atoms with E-state index in [1.165, 1.54) is 18.2 Å². The molecule has 1 aliphatic heterocycles. The highest BCUT2D eigenvalue weighted by Crippen LogP contribution is 2.34. The van der Waals surface area contributed by atoms with E-state index in [9.17, 15) is 13.9 Å². The fourth-order valence-electron chi connectivity index (χ4n) is 2.57. The van der Waals surface area contributed by atoms with E-state index < -0.39 is 11.9 Å². The molecule has 0 spiro atoms. The van der Waals surface area contributed by atoms with Crippen molar-refractivity contribution in [3.8, 4) is 5.75 Å². The lowest BCUT2D eigenvalue weighted by atomic mass is 10.2. The van der Waals surface area contributed by atoms with Crippen molar-refractivity contribution in [3.63, 3.8) is 0 Å². The van der Waals surface area contributed by atoms with E-state index in [1.54, 1.807) is 18.2 Å². The fourth-order valence-corrected chi connectivity index (χ4v) is 3.02. The van der Waals surface area contributed by atoms with Gasteiger partial charge in [-0.25, -0.2) is 8.78 Å². The summed E-state index contributed by atoms with van der Waals surface area (Å²) in [4.78, 5) is 1.81. The van der Waals surface area contributed by atoms with E-state index in [0.29, 0.717) is 35.4 Å². The van der Waals surface area contributed by atoms with Crippen LogP contribution in [-0.2, 0) is 6.61 Å². The highest BCUT2D eigenvalue weighted by Gasteiger charge is 2.23. The van der Waals surface area contributed by atoms with Gasteiger partial charge in [0.1, 0.15) is 24.0 Å². The van der Waals surface area contributed by atoms with Crippen molar-refractivity contribution < 1.29 is 18.6 Å². The lowest BCUT2D eigenvalue weighted by Gasteiger charge is -2.20. The summed E-state index contributed by atoms with van der Waals surface area (Å²) in [6, 6.07) is 8.95. The first-order valence-electron chi connectivity index (χ1n) is 7.32. The van der Waals surface area contributed by atoms with Crippen LogP contribution in [0.2, 0.25) is 0 Å². The minimum absolute atomic E-state index is 0.222. The molecule has 23 heavy (non-hydrogen) atoms. The quantitative estimate of drug-likeness (QED) is 0.869. The third-order valence-corrected chi connectivity index (χ3v) is 4.43. The monoisotopic (exact) mass is 383 g/mol. The Morgan fingerprint density at radius 2 is 1.96 bits per heavy atom. The molecule has 0 bridgehead atoms. The number of hydrogen-bond donors (Lipinski definition) is 1. The minimum Gasteiger partial charge on any atom is -0.488 e. The number of rotatable bonds is 4. The van der Waals surface area contributed by atoms with Gasteiger partial charge in [0.05, 0.1) is 16.3 Å². The smallest absolute Gasteiger partial charge is 0.150 e. The molecule has 0 saturated carbocycles. The van der Waals surface area contributed by atoms with Crippen LogP contribution in [0.3, 0.4) is 0 Å². The molecule has 0 aliphatic carbocycles. The van der Waals surface area contributed by atoms with Gasteiger partial charge in [0, 0.05) is 19.2 Å². The van der Waals surface area contributed by atoms with E-state index in [1.807, 2.05) is 4.90 Å². The first-order valence-corrected chi connectivity index (χ1v) is 8.11. The van der Waals surface area contributed by atoms with Crippen LogP contribution < -0.4 is 9.64 Å². The van der Waals surface area contributed by atoms with Crippen LogP contribution >= 0.6 is 15.9 Å². The summed E-state index contributed by atoms with van der Waals surface area (Å²) in [6.07, 6.45) is 0.224. The maximum absolute atomic E-state index is 14.3. The van der Waals surface area contributed by atoms with Gasteiger partial charge in [-0.05, 0) is 46.1 Å². The number of halogens is 3. The minimum atomic E-state index is -0.414. The van der Waals surface area contributed by atoms with E-state index in [2.05, 4.69) is 15.9 Å². The van der Waals surface area contributed by atoms with Crippen molar-refractivity contribution in [3.05, 3.63) is 58.1 Å². The number of aliphatic hydroxyl groups is 1. The molecule has 2 aromatic rings. The Kier molecular flexibility index (Phi) is 4.82. The highest BCUT2D eigenvalue weighted by molar-refractivity contribution is 9.10. The van der Waals surface area contributed by atoms with Crippen LogP contribution in [0, 0.1) is 11.6 Å². The van der Waals surface area contributed by atoms with Gasteiger partial charge >= 0.3 is 0 Å². The topological polar surface area (TPSA) is 32.7 Å². The first kappa shape index (κ1) is 16.2. The molecule has 0 amide bonds. The normalized spacial score (nSPS) is 17.6. The third kappa shape index (κ3) is 3.82. The van der Waals surface area contributed by atoms with Crippen molar-refractivity contribution in [1.29, 1.82) is 0 Å². The molecule has 1 fully saturated rings. The molecular formula is C17H16BrF2NO2. The molecular weight excluding hydrogens is 368 g/mol. The van der Waals surface area contributed by atoms with Gasteiger partial charge < -0.3 is 14.7 Å². The summed E-state index contributed by atoms with van der Waals surface area (Å²) in [5.41, 5.74) is 1.24. The standard InChI is InChI=1S/C17H16BrF2NO2/c18-14-7-16(21-6-5-13(22)9-21)15(20)8-17(14)23-10-11-1-3-12(19)4-2-11/h1-4,7-8,13,22H,5-6,9-10H2. The molecule has 1 N–H and O–H groups in total. The summed E-state index contributed by atoms with van der Waals surface area (Å²) < 4.78 is 33.4. The Balaban J connectivity index is 1.73. The van der Waals surface area contributed by atoms with E-state index in [-0.39, 0.29) is 12.4 Å². The molecule has 1 heterocycles. The first-order chi connectivity index (χ1) is 11.0. The lowest BCUT2D eigenvalue weighted by Crippen LogP contribution is -2.22. The molecule has 1 saturated heterocycles. The zero-order chi connectivity index (χ0) is 16.4. The van der Waals surface area contributed by atoms with Crippen molar-refractivity contribution >= 4 is 21.6 Å². The summed E-state index contributed by atoms with van der Waals surface area (Å²) in [5.74, 6) is -0.315. The van der Waals surface area contributed by atoms with Gasteiger partial charge in [0.15, 0.2) is 0 Å². The Labute approximate surface area is 141 Å². The molecule has 1 atom stereocenters. The molecule has 1 unspecified atom stereocenters. The maximum atomic E-state index is 14.3. The molecule has 0 radical (unpaired) electrons. The lowest BCUT2D eigenvalue weighted by molar-refractivity contribution is 0.198. The fraction of sp³-hybridized carbons (Fsp3) is 0.294. The van der Waals surface area contributed by atoms with Crippen molar-refractivity contribution in [1.82, 2.24) is 0 Å². The number of hydrogen-bond acceptors (Lipinski definition) is 3. The Bertz CT molecular complexity index is 694. The molecule has 0 aromatic heterocycles. The summed E-state index contributed by atoms with van der Waals surface area (Å²) in [6.45, 7) is 1.28. The van der Waals surface area contributed by atoms with Gasteiger partial charge in [-0.1, -0.05) is 12.1 Å². The van der Waals surface area contributed by atoms with Crippen molar-refractivity contribution in [2.45, 2.75) is 19.1 Å². The summed E-state index contributed by atoms with van der Waals surface area (Å²) in [5, 5.41) is 9.58. The van der Waals surface area contributed by atoms with Crippen LogP contribution in [0.5, 0.6) is 5.75 Å². The van der Waals surface area contributed by atoms with Crippen LogP contribution in [0.25, 0.3) is 0 Å². The largest absolute Gasteiger partial charge is 0.488 e. The zero-order valence-electron chi connectivity index (χ0n) is 12.3. The second kappa shape index (κ2) is 6.84. The zero-order valence-corrected chi connectivity index (χ0v) is 13.9. The van der Waals surface area contributed by atoms with Crippen molar-refractivity contribution in [2.24, 2.45) is 0 Å². The van der Waals surface area contributed by atoms with Gasteiger partial charge in [-0.2, -0.15) is 0 Å². The van der Waals surface area contributed by atoms with E-state index in [0.717, 1.165) is 5.56 Å². The van der Waals surface area contributed by atoms with E-state index >= 15 is 0 Å². The van der Waals surface area contributed by atoms with Gasteiger partial charge in [-0.3, -0.25) is 0 Å².